The van der Waals surface area contributed by atoms with Crippen molar-refractivity contribution in [3.63, 3.8) is 0 Å². The quantitative estimate of drug-likeness (QED) is 0.606. The minimum Gasteiger partial charge on any atom is -0.345 e. The van der Waals surface area contributed by atoms with Gasteiger partial charge in [-0.05, 0) is 47.9 Å². The molecule has 0 fully saturated rings. The lowest BCUT2D eigenvalue weighted by molar-refractivity contribution is -0.123. The van der Waals surface area contributed by atoms with Gasteiger partial charge in [-0.2, -0.15) is 0 Å². The SMILES string of the molecule is Cc1cccc(C)c1NC(=O)CNC(=O)CNC(=O)c1ccc2ccccc2c1. The Morgan fingerprint density at radius 1 is 0.724 bits per heavy atom. The fourth-order valence-corrected chi connectivity index (χ4v) is 3.03. The van der Waals surface area contributed by atoms with Crippen LogP contribution in [-0.4, -0.2) is 30.8 Å². The summed E-state index contributed by atoms with van der Waals surface area (Å²) in [5.74, 6) is -1.10. The van der Waals surface area contributed by atoms with E-state index in [4.69, 9.17) is 0 Å². The second-order valence-corrected chi connectivity index (χ2v) is 6.84. The lowest BCUT2D eigenvalue weighted by atomic mass is 10.1. The molecule has 0 radical (unpaired) electrons. The maximum atomic E-state index is 12.3. The minimum atomic E-state index is -0.434. The fourth-order valence-electron chi connectivity index (χ4n) is 3.03. The zero-order chi connectivity index (χ0) is 20.8. The molecule has 0 saturated carbocycles. The van der Waals surface area contributed by atoms with Gasteiger partial charge in [0, 0.05) is 11.3 Å². The summed E-state index contributed by atoms with van der Waals surface area (Å²) >= 11 is 0. The maximum Gasteiger partial charge on any atom is 0.251 e. The Kier molecular flexibility index (Phi) is 6.24. The van der Waals surface area contributed by atoms with E-state index >= 15 is 0 Å². The van der Waals surface area contributed by atoms with E-state index in [0.717, 1.165) is 27.6 Å². The molecule has 29 heavy (non-hydrogen) atoms. The number of anilines is 1. The Morgan fingerprint density at radius 3 is 2.10 bits per heavy atom. The largest absolute Gasteiger partial charge is 0.345 e. The number of benzene rings is 3. The van der Waals surface area contributed by atoms with Gasteiger partial charge in [-0.15, -0.1) is 0 Å². The van der Waals surface area contributed by atoms with Crippen molar-refractivity contribution in [3.05, 3.63) is 77.4 Å². The van der Waals surface area contributed by atoms with Crippen LogP contribution in [0, 0.1) is 13.8 Å². The van der Waals surface area contributed by atoms with Gasteiger partial charge in [0.15, 0.2) is 0 Å². The molecule has 148 valence electrons. The zero-order valence-corrected chi connectivity index (χ0v) is 16.4. The van der Waals surface area contributed by atoms with Crippen molar-refractivity contribution in [1.29, 1.82) is 0 Å². The van der Waals surface area contributed by atoms with E-state index < -0.39 is 5.91 Å². The number of hydrogen-bond donors (Lipinski definition) is 3. The first-order valence-corrected chi connectivity index (χ1v) is 9.34. The summed E-state index contributed by atoms with van der Waals surface area (Å²) in [7, 11) is 0. The Bertz CT molecular complexity index is 1060. The number of hydrogen-bond acceptors (Lipinski definition) is 3. The van der Waals surface area contributed by atoms with Crippen LogP contribution in [0.2, 0.25) is 0 Å². The van der Waals surface area contributed by atoms with Crippen LogP contribution >= 0.6 is 0 Å². The van der Waals surface area contributed by atoms with Crippen LogP contribution in [0.25, 0.3) is 10.8 Å². The van der Waals surface area contributed by atoms with Crippen LogP contribution in [0.15, 0.2) is 60.7 Å². The molecular weight excluding hydrogens is 366 g/mol. The fraction of sp³-hybridized carbons (Fsp3) is 0.174. The molecule has 0 aliphatic carbocycles. The number of fused-ring (bicyclic) bond motifs is 1. The Morgan fingerprint density at radius 2 is 1.38 bits per heavy atom. The first-order valence-electron chi connectivity index (χ1n) is 9.34. The third kappa shape index (κ3) is 5.19. The molecule has 0 aliphatic heterocycles. The zero-order valence-electron chi connectivity index (χ0n) is 16.4. The summed E-state index contributed by atoms with van der Waals surface area (Å²) in [6, 6.07) is 18.8. The minimum absolute atomic E-state index is 0.168. The molecule has 0 bridgehead atoms. The lowest BCUT2D eigenvalue weighted by Crippen LogP contribution is -2.40. The first kappa shape index (κ1) is 20.1. The third-order valence-electron chi connectivity index (χ3n) is 4.61. The average molecular weight is 389 g/mol. The number of aryl methyl sites for hydroxylation is 2. The van der Waals surface area contributed by atoms with Crippen molar-refractivity contribution in [2.75, 3.05) is 18.4 Å². The Balaban J connectivity index is 1.47. The van der Waals surface area contributed by atoms with Crippen LogP contribution < -0.4 is 16.0 Å². The molecule has 0 atom stereocenters. The van der Waals surface area contributed by atoms with E-state index in [2.05, 4.69) is 16.0 Å². The topological polar surface area (TPSA) is 87.3 Å². The van der Waals surface area contributed by atoms with Gasteiger partial charge in [-0.25, -0.2) is 0 Å². The molecule has 3 N–H and O–H groups in total. The highest BCUT2D eigenvalue weighted by Gasteiger charge is 2.11. The number of carbonyl (C=O) groups excluding carboxylic acids is 3. The molecule has 0 saturated heterocycles. The summed E-state index contributed by atoms with van der Waals surface area (Å²) in [4.78, 5) is 36.3. The highest BCUT2D eigenvalue weighted by atomic mass is 16.2. The van der Waals surface area contributed by atoms with E-state index in [1.807, 2.05) is 62.4 Å². The number of amides is 3. The van der Waals surface area contributed by atoms with Crippen molar-refractivity contribution in [2.24, 2.45) is 0 Å². The van der Waals surface area contributed by atoms with E-state index in [-0.39, 0.29) is 24.9 Å². The van der Waals surface area contributed by atoms with Crippen molar-refractivity contribution in [3.8, 4) is 0 Å². The summed E-state index contributed by atoms with van der Waals surface area (Å²) in [6.07, 6.45) is 0. The van der Waals surface area contributed by atoms with Crippen molar-refractivity contribution in [2.45, 2.75) is 13.8 Å². The number of carbonyl (C=O) groups is 3. The highest BCUT2D eigenvalue weighted by Crippen LogP contribution is 2.19. The number of nitrogens with one attached hydrogen (secondary N) is 3. The number of rotatable bonds is 6. The molecule has 3 aromatic rings. The smallest absolute Gasteiger partial charge is 0.251 e. The molecular formula is C23H23N3O3. The standard InChI is InChI=1S/C23H23N3O3/c1-15-6-5-7-16(2)22(15)26-21(28)14-24-20(27)13-25-23(29)19-11-10-17-8-3-4-9-18(17)12-19/h3-12H,13-14H2,1-2H3,(H,24,27)(H,25,29)(H,26,28). The van der Waals surface area contributed by atoms with E-state index in [1.165, 1.54) is 0 Å². The van der Waals surface area contributed by atoms with Gasteiger partial charge in [0.1, 0.15) is 0 Å². The van der Waals surface area contributed by atoms with Gasteiger partial charge in [0.25, 0.3) is 5.91 Å². The monoisotopic (exact) mass is 389 g/mol. The van der Waals surface area contributed by atoms with E-state index in [1.54, 1.807) is 12.1 Å². The van der Waals surface area contributed by atoms with Gasteiger partial charge in [-0.1, -0.05) is 48.5 Å². The van der Waals surface area contributed by atoms with Gasteiger partial charge in [0.2, 0.25) is 11.8 Å². The average Bonchev–Trinajstić information content (AvgIpc) is 2.72. The molecule has 6 heteroatoms. The Labute approximate surface area is 169 Å². The summed E-state index contributed by atoms with van der Waals surface area (Å²) in [6.45, 7) is 3.44. The maximum absolute atomic E-state index is 12.3. The lowest BCUT2D eigenvalue weighted by Gasteiger charge is -2.12. The summed E-state index contributed by atoms with van der Waals surface area (Å²) in [5, 5.41) is 9.88. The predicted molar refractivity (Wildman–Crippen MR) is 114 cm³/mol. The van der Waals surface area contributed by atoms with Crippen LogP contribution in [0.5, 0.6) is 0 Å². The van der Waals surface area contributed by atoms with Gasteiger partial charge < -0.3 is 16.0 Å². The third-order valence-corrected chi connectivity index (χ3v) is 4.61. The van der Waals surface area contributed by atoms with Crippen LogP contribution in [-0.2, 0) is 9.59 Å². The highest BCUT2D eigenvalue weighted by molar-refractivity contribution is 6.00. The Hall–Kier alpha value is -3.67. The summed E-state index contributed by atoms with van der Waals surface area (Å²) < 4.78 is 0. The predicted octanol–water partition coefficient (Wildman–Crippen LogP) is 2.94. The molecule has 0 heterocycles. The summed E-state index contributed by atoms with van der Waals surface area (Å²) in [5.41, 5.74) is 3.13. The van der Waals surface area contributed by atoms with E-state index in [0.29, 0.717) is 5.56 Å². The molecule has 0 spiro atoms. The van der Waals surface area contributed by atoms with Crippen molar-refractivity contribution >= 4 is 34.2 Å². The second-order valence-electron chi connectivity index (χ2n) is 6.84. The second kappa shape index (κ2) is 9.01. The molecule has 3 amide bonds. The van der Waals surface area contributed by atoms with Crippen LogP contribution in [0.4, 0.5) is 5.69 Å². The molecule has 0 unspecified atom stereocenters. The van der Waals surface area contributed by atoms with Crippen LogP contribution in [0.1, 0.15) is 21.5 Å². The normalized spacial score (nSPS) is 10.4. The van der Waals surface area contributed by atoms with Gasteiger partial charge in [0.05, 0.1) is 13.1 Å². The van der Waals surface area contributed by atoms with Crippen molar-refractivity contribution in [1.82, 2.24) is 10.6 Å². The van der Waals surface area contributed by atoms with Gasteiger partial charge in [-0.3, -0.25) is 14.4 Å². The first-order chi connectivity index (χ1) is 13.9. The van der Waals surface area contributed by atoms with E-state index in [9.17, 15) is 14.4 Å². The van der Waals surface area contributed by atoms with Gasteiger partial charge >= 0.3 is 0 Å². The molecule has 3 rings (SSSR count). The molecule has 0 aromatic heterocycles. The molecule has 0 aliphatic rings. The molecule has 3 aromatic carbocycles. The van der Waals surface area contributed by atoms with Crippen molar-refractivity contribution < 1.29 is 14.4 Å². The van der Waals surface area contributed by atoms with Crippen LogP contribution in [0.3, 0.4) is 0 Å². The number of para-hydroxylation sites is 1. The molecule has 6 nitrogen and oxygen atoms in total.